The maximum absolute atomic E-state index is 12.4. The third-order valence-corrected chi connectivity index (χ3v) is 14.1. The van der Waals surface area contributed by atoms with Crippen LogP contribution in [0.25, 0.3) is 0 Å². The summed E-state index contributed by atoms with van der Waals surface area (Å²) in [5, 5.41) is 9.69. The summed E-state index contributed by atoms with van der Waals surface area (Å²) in [4.78, 5) is 24.6. The molecule has 0 saturated heterocycles. The van der Waals surface area contributed by atoms with Crippen LogP contribution in [0.4, 0.5) is 0 Å². The van der Waals surface area contributed by atoms with Crippen LogP contribution in [0.1, 0.15) is 296 Å². The van der Waals surface area contributed by atoms with Crippen molar-refractivity contribution in [3.63, 3.8) is 0 Å². The summed E-state index contributed by atoms with van der Waals surface area (Å²) in [6, 6.07) is 0. The van der Waals surface area contributed by atoms with Gasteiger partial charge in [0, 0.05) is 12.8 Å². The van der Waals surface area contributed by atoms with E-state index in [1.54, 1.807) is 0 Å². The highest BCUT2D eigenvalue weighted by atomic mass is 16.6. The molecule has 0 radical (unpaired) electrons. The van der Waals surface area contributed by atoms with E-state index >= 15 is 0 Å². The molecule has 80 heavy (non-hydrogen) atoms. The minimum Gasteiger partial charge on any atom is -0.462 e. The first-order valence-electron chi connectivity index (χ1n) is 33.4. The molecule has 0 saturated carbocycles. The number of aliphatic hydroxyl groups is 1. The van der Waals surface area contributed by atoms with E-state index in [1.807, 2.05) is 0 Å². The number of aliphatic hydroxyl groups excluding tert-OH is 1. The molecule has 454 valence electrons. The maximum Gasteiger partial charge on any atom is 0.306 e. The molecule has 0 aliphatic rings. The van der Waals surface area contributed by atoms with Gasteiger partial charge in [0.25, 0.3) is 0 Å². The molecule has 0 fully saturated rings. The zero-order valence-corrected chi connectivity index (χ0v) is 52.0. The van der Waals surface area contributed by atoms with Crippen molar-refractivity contribution in [2.45, 2.75) is 302 Å². The van der Waals surface area contributed by atoms with Gasteiger partial charge in [0.15, 0.2) is 6.10 Å². The number of unbranched alkanes of at least 4 members (excludes halogenated alkanes) is 28. The molecule has 0 aromatic rings. The fourth-order valence-electron chi connectivity index (χ4n) is 9.21. The summed E-state index contributed by atoms with van der Waals surface area (Å²) in [7, 11) is 0. The van der Waals surface area contributed by atoms with Gasteiger partial charge in [-0.2, -0.15) is 0 Å². The normalized spacial score (nSPS) is 13.2. The number of carbonyl (C=O) groups excluding carboxylic acids is 2. The van der Waals surface area contributed by atoms with Crippen molar-refractivity contribution in [3.8, 4) is 0 Å². The van der Waals surface area contributed by atoms with Crippen molar-refractivity contribution in [1.29, 1.82) is 0 Å². The quantitative estimate of drug-likeness (QED) is 0.0373. The van der Waals surface area contributed by atoms with Crippen LogP contribution in [0, 0.1) is 0 Å². The van der Waals surface area contributed by atoms with Gasteiger partial charge in [0.05, 0.1) is 6.61 Å². The van der Waals surface area contributed by atoms with Gasteiger partial charge in [0.1, 0.15) is 6.61 Å². The average molecular weight is 1110 g/mol. The van der Waals surface area contributed by atoms with Gasteiger partial charge in [0.2, 0.25) is 0 Å². The molecule has 0 aromatic heterocycles. The predicted octanol–water partition coefficient (Wildman–Crippen LogP) is 23.3. The highest BCUT2D eigenvalue weighted by Crippen LogP contribution is 2.17. The van der Waals surface area contributed by atoms with Crippen molar-refractivity contribution in [2.75, 3.05) is 13.2 Å². The van der Waals surface area contributed by atoms with Crippen LogP contribution in [-0.2, 0) is 19.1 Å². The summed E-state index contributed by atoms with van der Waals surface area (Å²) in [6.45, 7) is 3.93. The van der Waals surface area contributed by atoms with Crippen molar-refractivity contribution < 1.29 is 24.2 Å². The van der Waals surface area contributed by atoms with Gasteiger partial charge >= 0.3 is 11.9 Å². The second kappa shape index (κ2) is 69.1. The number of carbonyl (C=O) groups is 2. The lowest BCUT2D eigenvalue weighted by molar-refractivity contribution is -0.161. The molecule has 0 aromatic carbocycles. The van der Waals surface area contributed by atoms with Gasteiger partial charge in [-0.25, -0.2) is 0 Å². The molecule has 5 heteroatoms. The number of rotatable bonds is 60. The van der Waals surface area contributed by atoms with Gasteiger partial charge in [-0.15, -0.1) is 0 Å². The molecule has 0 spiro atoms. The summed E-state index contributed by atoms with van der Waals surface area (Å²) >= 11 is 0. The van der Waals surface area contributed by atoms with Crippen LogP contribution in [0.3, 0.4) is 0 Å². The molecule has 0 rings (SSSR count). The highest BCUT2D eigenvalue weighted by Gasteiger charge is 2.16. The van der Waals surface area contributed by atoms with Crippen LogP contribution >= 0.6 is 0 Å². The number of allylic oxidation sites excluding steroid dienone is 24. The zero-order valence-electron chi connectivity index (χ0n) is 52.0. The van der Waals surface area contributed by atoms with Gasteiger partial charge in [-0.05, 0) is 116 Å². The third kappa shape index (κ3) is 66.3. The molecule has 0 bridgehead atoms. The van der Waals surface area contributed by atoms with Crippen LogP contribution in [0.5, 0.6) is 0 Å². The van der Waals surface area contributed by atoms with E-state index in [1.165, 1.54) is 154 Å². The predicted molar refractivity (Wildman–Crippen MR) is 352 cm³/mol. The third-order valence-electron chi connectivity index (χ3n) is 14.1. The Hall–Kier alpha value is -4.22. The first kappa shape index (κ1) is 75.8. The smallest absolute Gasteiger partial charge is 0.306 e. The molecule has 1 N–H and O–H groups in total. The second-order valence-electron chi connectivity index (χ2n) is 21.8. The topological polar surface area (TPSA) is 72.8 Å². The van der Waals surface area contributed by atoms with Crippen molar-refractivity contribution in [2.24, 2.45) is 0 Å². The number of hydrogen-bond acceptors (Lipinski definition) is 5. The molecule has 0 amide bonds. The Morgan fingerprint density at radius 2 is 0.500 bits per heavy atom. The first-order valence-corrected chi connectivity index (χ1v) is 33.4. The number of ether oxygens (including phenoxy) is 2. The summed E-state index contributed by atoms with van der Waals surface area (Å²) in [6.07, 6.45) is 104. The molecule has 0 aliphatic carbocycles. The Morgan fingerprint density at radius 1 is 0.287 bits per heavy atom. The molecule has 5 nitrogen and oxygen atoms in total. The zero-order chi connectivity index (χ0) is 57.6. The molecular formula is C75H124O5. The fourth-order valence-corrected chi connectivity index (χ4v) is 9.21. The Morgan fingerprint density at radius 3 is 0.750 bits per heavy atom. The Bertz CT molecular complexity index is 1680. The van der Waals surface area contributed by atoms with Crippen molar-refractivity contribution in [3.05, 3.63) is 146 Å². The van der Waals surface area contributed by atoms with E-state index in [4.69, 9.17) is 9.47 Å². The summed E-state index contributed by atoms with van der Waals surface area (Å²) in [5.41, 5.74) is 0. The maximum atomic E-state index is 12.4. The lowest BCUT2D eigenvalue weighted by atomic mass is 10.0. The van der Waals surface area contributed by atoms with Crippen LogP contribution in [0.15, 0.2) is 146 Å². The first-order chi connectivity index (χ1) is 39.6. The van der Waals surface area contributed by atoms with E-state index in [-0.39, 0.29) is 25.2 Å². The van der Waals surface area contributed by atoms with Gasteiger partial charge in [-0.1, -0.05) is 314 Å². The molecule has 1 atom stereocenters. The molecule has 0 heterocycles. The molecule has 0 aliphatic heterocycles. The minimum absolute atomic E-state index is 0.0713. The van der Waals surface area contributed by atoms with Gasteiger partial charge in [-0.3, -0.25) is 9.59 Å². The van der Waals surface area contributed by atoms with E-state index in [9.17, 15) is 14.7 Å². The van der Waals surface area contributed by atoms with Crippen LogP contribution in [-0.4, -0.2) is 36.4 Å². The Balaban J connectivity index is 3.50. The van der Waals surface area contributed by atoms with E-state index in [2.05, 4.69) is 160 Å². The monoisotopic (exact) mass is 1100 g/mol. The van der Waals surface area contributed by atoms with E-state index in [0.717, 1.165) is 116 Å². The Kier molecular flexibility index (Phi) is 65.4. The minimum atomic E-state index is -0.782. The fraction of sp³-hybridized carbons (Fsp3) is 0.653. The largest absolute Gasteiger partial charge is 0.462 e. The lowest BCUT2D eigenvalue weighted by Crippen LogP contribution is -2.28. The van der Waals surface area contributed by atoms with Crippen LogP contribution < -0.4 is 0 Å². The summed E-state index contributed by atoms with van der Waals surface area (Å²) < 4.78 is 10.7. The summed E-state index contributed by atoms with van der Waals surface area (Å²) in [5.74, 6) is -0.590. The van der Waals surface area contributed by atoms with Gasteiger partial charge < -0.3 is 14.6 Å². The van der Waals surface area contributed by atoms with E-state index < -0.39 is 6.10 Å². The molecule has 1 unspecified atom stereocenters. The second-order valence-corrected chi connectivity index (χ2v) is 21.8. The van der Waals surface area contributed by atoms with Crippen LogP contribution in [0.2, 0.25) is 0 Å². The average Bonchev–Trinajstić information content (AvgIpc) is 3.46. The SMILES string of the molecule is CC/C=C\C/C=C\C/C=C\C/C=C\C/C=C\C/C=C\C/C=C\C/C=C\CCCCCCCCCCCCCCCCCCC(=O)OC(CO)COC(=O)CCCCCCCCCCCCCC/C=C\C/C=C\C/C=C\C/C=C\CC. The van der Waals surface area contributed by atoms with E-state index in [0.29, 0.717) is 12.8 Å². The van der Waals surface area contributed by atoms with Crippen molar-refractivity contribution in [1.82, 2.24) is 0 Å². The Labute approximate surface area is 495 Å². The molecular weight excluding hydrogens is 981 g/mol. The van der Waals surface area contributed by atoms with Crippen molar-refractivity contribution >= 4 is 11.9 Å². The number of esters is 2. The highest BCUT2D eigenvalue weighted by molar-refractivity contribution is 5.70. The standard InChI is InChI=1S/C75H124O5/c1-3-5-7-9-11-13-15-17-19-21-23-25-27-29-30-31-32-33-34-35-36-37-38-39-40-41-42-43-44-46-48-50-52-54-56-58-60-62-64-66-68-70-75(78)80-73(71-76)72-79-74(77)69-67-65-63-61-59-57-55-53-51-49-47-45-28-26-24-22-20-18-16-14-12-10-8-6-4-2/h5-8,11-14,17-20,23-26,29-30,32-33,35-36,38-39,73,76H,3-4,9-10,15-16,21-22,27-28,31,34,37,40-72H2,1-2H3/b7-5-,8-6-,13-11-,14-12-,19-17-,20-18-,25-23-,26-24-,30-29-,33-32-,36-35-,39-38-. The lowest BCUT2D eigenvalue weighted by Gasteiger charge is -2.15. The number of hydrogen-bond donors (Lipinski definition) is 1.